The molecular weight excluding hydrogens is 481 g/mol. The average Bonchev–Trinajstić information content (AvgIpc) is 3.34. The average molecular weight is 503 g/mol. The van der Waals surface area contributed by atoms with Crippen molar-refractivity contribution in [2.75, 3.05) is 12.5 Å². The van der Waals surface area contributed by atoms with E-state index < -0.39 is 0 Å². The Morgan fingerprint density at radius 1 is 0.567 bits per heavy atom. The maximum atomic E-state index is 2.25. The number of hydrogen-bond acceptors (Lipinski definition) is 6. The van der Waals surface area contributed by atoms with Gasteiger partial charge in [0.15, 0.2) is 0 Å². The first-order chi connectivity index (χ1) is 14.6. The highest BCUT2D eigenvalue weighted by Gasteiger charge is 2.29. The fraction of sp³-hybridized carbons (Fsp3) is 0.167. The molecule has 154 valence electrons. The fourth-order valence-corrected chi connectivity index (χ4v) is 10.8. The third kappa shape index (κ3) is 4.79. The Kier molecular flexibility index (Phi) is 7.87. The summed E-state index contributed by atoms with van der Waals surface area (Å²) in [4.78, 5) is 2.80. The molecule has 0 aromatic heterocycles. The van der Waals surface area contributed by atoms with Gasteiger partial charge in [-0.2, -0.15) is 0 Å². The molecule has 0 amide bonds. The minimum atomic E-state index is 1.28. The Bertz CT molecular complexity index is 974. The maximum absolute atomic E-state index is 2.25. The summed E-state index contributed by atoms with van der Waals surface area (Å²) in [6, 6.07) is 21.8. The van der Waals surface area contributed by atoms with Crippen LogP contribution in [0.5, 0.6) is 0 Å². The molecule has 30 heavy (non-hydrogen) atoms. The van der Waals surface area contributed by atoms with Crippen LogP contribution in [0.3, 0.4) is 0 Å². The van der Waals surface area contributed by atoms with Gasteiger partial charge in [0.1, 0.15) is 0 Å². The quantitative estimate of drug-likeness (QED) is 0.396. The zero-order valence-corrected chi connectivity index (χ0v) is 22.1. The van der Waals surface area contributed by atoms with E-state index in [-0.39, 0.29) is 0 Å². The summed E-state index contributed by atoms with van der Waals surface area (Å²) in [7, 11) is 0. The van der Waals surface area contributed by atoms with Crippen LogP contribution in [0.4, 0.5) is 0 Å². The van der Waals surface area contributed by atoms with E-state index in [1.807, 2.05) is 70.6 Å². The van der Waals surface area contributed by atoms with Gasteiger partial charge < -0.3 is 0 Å². The second kappa shape index (κ2) is 10.4. The maximum Gasteiger partial charge on any atom is 0.0586 e. The van der Waals surface area contributed by atoms with Crippen molar-refractivity contribution in [1.82, 2.24) is 0 Å². The van der Waals surface area contributed by atoms with E-state index in [0.717, 1.165) is 0 Å². The van der Waals surface area contributed by atoms with Gasteiger partial charge in [-0.3, -0.25) is 0 Å². The van der Waals surface area contributed by atoms with Gasteiger partial charge in [0.05, 0.1) is 16.9 Å². The van der Waals surface area contributed by atoms with Gasteiger partial charge in [-0.25, -0.2) is 0 Å². The smallest absolute Gasteiger partial charge is 0.0586 e. The van der Waals surface area contributed by atoms with Crippen molar-refractivity contribution in [3.05, 3.63) is 98.5 Å². The van der Waals surface area contributed by atoms with E-state index in [9.17, 15) is 0 Å². The molecule has 2 aliphatic heterocycles. The van der Waals surface area contributed by atoms with Gasteiger partial charge in [-0.15, -0.1) is 23.5 Å². The molecule has 2 aliphatic rings. The molecule has 0 fully saturated rings. The molecule has 2 heterocycles. The third-order valence-corrected chi connectivity index (χ3v) is 12.5. The number of benzene rings is 2. The summed E-state index contributed by atoms with van der Waals surface area (Å²) in [5, 5.41) is 0. The van der Waals surface area contributed by atoms with E-state index in [4.69, 9.17) is 0 Å². The Morgan fingerprint density at radius 2 is 0.933 bits per heavy atom. The summed E-state index contributed by atoms with van der Waals surface area (Å²) < 4.78 is 5.58. The highest BCUT2D eigenvalue weighted by Crippen LogP contribution is 2.61. The van der Waals surface area contributed by atoms with E-state index in [1.165, 1.54) is 49.0 Å². The van der Waals surface area contributed by atoms with E-state index in [2.05, 4.69) is 87.0 Å². The van der Waals surface area contributed by atoms with Gasteiger partial charge in [-0.05, 0) is 37.5 Å². The molecule has 0 saturated carbocycles. The third-order valence-electron chi connectivity index (χ3n) is 4.59. The molecule has 0 N–H and O–H groups in total. The van der Waals surface area contributed by atoms with Gasteiger partial charge in [-0.1, -0.05) is 108 Å². The lowest BCUT2D eigenvalue weighted by Gasteiger charge is -2.18. The molecule has 0 bridgehead atoms. The Labute approximate surface area is 205 Å². The number of rotatable bonds is 5. The minimum absolute atomic E-state index is 1.28. The number of allylic oxidation sites excluding steroid dienone is 4. The summed E-state index contributed by atoms with van der Waals surface area (Å²) in [5.41, 5.74) is 5.27. The van der Waals surface area contributed by atoms with Crippen LogP contribution >= 0.6 is 70.6 Å². The van der Waals surface area contributed by atoms with Crippen LogP contribution in [-0.4, -0.2) is 12.5 Å². The lowest BCUT2D eigenvalue weighted by atomic mass is 9.95. The summed E-state index contributed by atoms with van der Waals surface area (Å²) in [6.45, 7) is 4.48. The molecular formula is C24H22S6. The number of thioether (sulfide) groups is 6. The Morgan fingerprint density at radius 3 is 1.23 bits per heavy atom. The minimum Gasteiger partial charge on any atom is -0.122 e. The molecule has 0 saturated heterocycles. The van der Waals surface area contributed by atoms with Crippen LogP contribution in [0.2, 0.25) is 0 Å². The second-order valence-electron chi connectivity index (χ2n) is 6.56. The fourth-order valence-electron chi connectivity index (χ4n) is 3.23. The van der Waals surface area contributed by atoms with Crippen LogP contribution < -0.4 is 0 Å². The van der Waals surface area contributed by atoms with E-state index in [0.29, 0.717) is 0 Å². The molecule has 0 aliphatic carbocycles. The molecule has 0 spiro atoms. The van der Waals surface area contributed by atoms with Gasteiger partial charge in [0.25, 0.3) is 0 Å². The largest absolute Gasteiger partial charge is 0.122 e. The standard InChI is InChI=1S/C24H22S6/c1-15-21(25-3)29-23(27-15)19(17-11-7-5-8-12-17)20(18-13-9-6-10-14-18)24-28-16(2)22(26-4)30-24/h5-14H,1-4H3/b23-19-,24-20+. The monoisotopic (exact) mass is 502 g/mol. The van der Waals surface area contributed by atoms with Crippen molar-refractivity contribution in [2.24, 2.45) is 0 Å². The van der Waals surface area contributed by atoms with E-state index >= 15 is 0 Å². The van der Waals surface area contributed by atoms with Crippen molar-refractivity contribution >= 4 is 81.7 Å². The zero-order chi connectivity index (χ0) is 21.1. The normalized spacial score (nSPS) is 20.3. The summed E-state index contributed by atoms with van der Waals surface area (Å²) in [6.07, 6.45) is 4.35. The van der Waals surface area contributed by atoms with Gasteiger partial charge in [0, 0.05) is 21.0 Å². The van der Waals surface area contributed by atoms with Crippen LogP contribution in [-0.2, 0) is 0 Å². The lowest BCUT2D eigenvalue weighted by molar-refractivity contribution is 1.59. The molecule has 2 aromatic rings. The topological polar surface area (TPSA) is 0 Å². The zero-order valence-electron chi connectivity index (χ0n) is 17.2. The van der Waals surface area contributed by atoms with E-state index in [1.54, 1.807) is 0 Å². The first-order valence-electron chi connectivity index (χ1n) is 9.43. The highest BCUT2D eigenvalue weighted by molar-refractivity contribution is 8.36. The van der Waals surface area contributed by atoms with Crippen molar-refractivity contribution in [3.63, 3.8) is 0 Å². The van der Waals surface area contributed by atoms with Crippen molar-refractivity contribution in [3.8, 4) is 0 Å². The predicted octanol–water partition coefficient (Wildman–Crippen LogP) is 9.79. The van der Waals surface area contributed by atoms with Gasteiger partial charge >= 0.3 is 0 Å². The van der Waals surface area contributed by atoms with Crippen LogP contribution in [0, 0.1) is 0 Å². The summed E-state index contributed by atoms with van der Waals surface area (Å²) >= 11 is 11.4. The first-order valence-corrected chi connectivity index (χ1v) is 15.1. The van der Waals surface area contributed by atoms with Crippen LogP contribution in [0.15, 0.2) is 87.4 Å². The Hall–Kier alpha value is -0.500. The second-order valence-corrected chi connectivity index (χ2v) is 13.7. The molecule has 2 aromatic carbocycles. The van der Waals surface area contributed by atoms with Crippen molar-refractivity contribution in [2.45, 2.75) is 13.8 Å². The van der Waals surface area contributed by atoms with Crippen molar-refractivity contribution in [1.29, 1.82) is 0 Å². The highest BCUT2D eigenvalue weighted by atomic mass is 32.2. The molecule has 0 nitrogen and oxygen atoms in total. The Balaban J connectivity index is 1.95. The van der Waals surface area contributed by atoms with Crippen LogP contribution in [0.1, 0.15) is 25.0 Å². The molecule has 0 atom stereocenters. The molecule has 0 radical (unpaired) electrons. The first kappa shape index (κ1) is 22.7. The molecule has 4 rings (SSSR count). The lowest BCUT2D eigenvalue weighted by Crippen LogP contribution is -1.94. The van der Waals surface area contributed by atoms with Crippen LogP contribution in [0.25, 0.3) is 11.1 Å². The molecule has 0 unspecified atom stereocenters. The molecule has 6 heteroatoms. The summed E-state index contributed by atoms with van der Waals surface area (Å²) in [5.74, 6) is 0. The SMILES string of the molecule is CSC1=C(C)S/C(=C(/C(=C2\SC(C)=C(SC)S2)c2ccccc2)c2ccccc2)S1. The number of hydrogen-bond donors (Lipinski definition) is 0. The van der Waals surface area contributed by atoms with Crippen molar-refractivity contribution < 1.29 is 0 Å². The predicted molar refractivity (Wildman–Crippen MR) is 150 cm³/mol. The van der Waals surface area contributed by atoms with Gasteiger partial charge in [0.2, 0.25) is 0 Å².